The number of pyridine rings is 1. The maximum absolute atomic E-state index is 13.0. The molecule has 0 fully saturated rings. The van der Waals surface area contributed by atoms with Crippen LogP contribution in [-0.4, -0.2) is 26.7 Å². The average molecular weight is 466 g/mol. The van der Waals surface area contributed by atoms with Crippen molar-refractivity contribution < 1.29 is 22.3 Å². The third-order valence-electron chi connectivity index (χ3n) is 4.79. The van der Waals surface area contributed by atoms with E-state index in [0.717, 1.165) is 40.7 Å². The Labute approximate surface area is 190 Å². The van der Waals surface area contributed by atoms with Crippen LogP contribution in [-0.2, 0) is 16.6 Å². The Balaban J connectivity index is 1.50. The first-order valence-corrected chi connectivity index (χ1v) is 11.4. The maximum atomic E-state index is 13.0. The fourth-order valence-corrected chi connectivity index (χ4v) is 3.97. The third-order valence-corrected chi connectivity index (χ3v) is 6.03. The van der Waals surface area contributed by atoms with Gasteiger partial charge in [-0.2, -0.15) is 13.5 Å². The van der Waals surface area contributed by atoms with Crippen molar-refractivity contribution >= 4 is 27.1 Å². The Bertz CT molecular complexity index is 1400. The van der Waals surface area contributed by atoms with Crippen LogP contribution in [0.3, 0.4) is 0 Å². The molecule has 0 aliphatic heterocycles. The molecule has 33 heavy (non-hydrogen) atoms. The number of sulfonamides is 1. The molecule has 9 heteroatoms. The highest BCUT2D eigenvalue weighted by Gasteiger charge is 2.12. The number of rotatable bonds is 8. The summed E-state index contributed by atoms with van der Waals surface area (Å²) < 4.78 is 49.0. The Morgan fingerprint density at radius 2 is 1.82 bits per heavy atom. The molecule has 0 bridgehead atoms. The minimum Gasteiger partial charge on any atom is -0.496 e. The summed E-state index contributed by atoms with van der Waals surface area (Å²) in [5.41, 5.74) is 2.13. The van der Waals surface area contributed by atoms with Crippen molar-refractivity contribution in [2.24, 2.45) is 5.10 Å². The van der Waals surface area contributed by atoms with E-state index in [-0.39, 0.29) is 11.5 Å². The Morgan fingerprint density at radius 1 is 1.03 bits per heavy atom. The molecular weight excluding hydrogens is 445 g/mol. The van der Waals surface area contributed by atoms with Gasteiger partial charge in [-0.1, -0.05) is 18.2 Å². The molecule has 4 aromatic rings. The van der Waals surface area contributed by atoms with Gasteiger partial charge in [0, 0.05) is 17.1 Å². The van der Waals surface area contributed by atoms with Crippen molar-refractivity contribution in [1.82, 2.24) is 9.82 Å². The van der Waals surface area contributed by atoms with Crippen molar-refractivity contribution in [2.75, 3.05) is 7.11 Å². The largest absolute Gasteiger partial charge is 0.496 e. The Hall–Kier alpha value is -3.98. The van der Waals surface area contributed by atoms with E-state index in [2.05, 4.69) is 14.9 Å². The van der Waals surface area contributed by atoms with Crippen molar-refractivity contribution in [1.29, 1.82) is 0 Å². The van der Waals surface area contributed by atoms with Gasteiger partial charge >= 0.3 is 0 Å². The highest BCUT2D eigenvalue weighted by atomic mass is 32.2. The van der Waals surface area contributed by atoms with Crippen LogP contribution in [0.2, 0.25) is 0 Å². The molecule has 0 saturated carbocycles. The van der Waals surface area contributed by atoms with Crippen molar-refractivity contribution in [3.8, 4) is 11.5 Å². The van der Waals surface area contributed by atoms with E-state index in [1.165, 1.54) is 6.21 Å². The average Bonchev–Trinajstić information content (AvgIpc) is 2.83. The highest BCUT2D eigenvalue weighted by molar-refractivity contribution is 7.89. The first kappa shape index (κ1) is 22.2. The number of ether oxygens (including phenoxy) is 2. The Morgan fingerprint density at radius 3 is 2.61 bits per heavy atom. The number of halogens is 1. The number of hydrogen-bond donors (Lipinski definition) is 1. The van der Waals surface area contributed by atoms with Crippen LogP contribution in [0.1, 0.15) is 11.1 Å². The Kier molecular flexibility index (Phi) is 6.50. The summed E-state index contributed by atoms with van der Waals surface area (Å²) in [4.78, 5) is 6.41. The number of aromatic nitrogens is 1. The predicted octanol–water partition coefficient (Wildman–Crippen LogP) is 4.27. The molecule has 168 valence electrons. The van der Waals surface area contributed by atoms with E-state index >= 15 is 0 Å². The van der Waals surface area contributed by atoms with E-state index in [1.54, 1.807) is 31.5 Å². The van der Waals surface area contributed by atoms with Crippen molar-refractivity contribution in [3.05, 3.63) is 95.9 Å². The molecule has 3 aromatic carbocycles. The summed E-state index contributed by atoms with van der Waals surface area (Å²) in [5, 5.41) is 4.79. The van der Waals surface area contributed by atoms with Crippen LogP contribution in [0.15, 0.2) is 89.0 Å². The molecule has 0 spiro atoms. The SMILES string of the molecule is COc1ccc(/C=N/NS(=O)(=O)c2ccc(F)cc2)cc1COc1cccc2cccnc12. The molecule has 4 rings (SSSR count). The van der Waals surface area contributed by atoms with Crippen LogP contribution < -0.4 is 14.3 Å². The number of benzene rings is 3. The summed E-state index contributed by atoms with van der Waals surface area (Å²) in [5.74, 6) is 0.734. The fourth-order valence-electron chi connectivity index (χ4n) is 3.18. The molecule has 1 N–H and O–H groups in total. The van der Waals surface area contributed by atoms with Crippen LogP contribution >= 0.6 is 0 Å². The summed E-state index contributed by atoms with van der Waals surface area (Å²) in [6, 6.07) is 19.3. The van der Waals surface area contributed by atoms with Gasteiger partial charge in [-0.3, -0.25) is 4.98 Å². The number of fused-ring (bicyclic) bond motifs is 1. The minimum absolute atomic E-state index is 0.0893. The van der Waals surface area contributed by atoms with Gasteiger partial charge in [0.2, 0.25) is 0 Å². The van der Waals surface area contributed by atoms with Gasteiger partial charge in [-0.15, -0.1) is 0 Å². The van der Waals surface area contributed by atoms with Gasteiger partial charge in [-0.25, -0.2) is 9.22 Å². The molecule has 0 amide bonds. The molecular formula is C24H20FN3O4S. The van der Waals surface area contributed by atoms with Crippen molar-refractivity contribution in [2.45, 2.75) is 11.5 Å². The zero-order valence-electron chi connectivity index (χ0n) is 17.6. The van der Waals surface area contributed by atoms with Gasteiger partial charge in [0.05, 0.1) is 18.2 Å². The van der Waals surface area contributed by atoms with Gasteiger partial charge in [-0.05, 0) is 60.2 Å². The molecule has 0 unspecified atom stereocenters. The van der Waals surface area contributed by atoms with Crippen LogP contribution in [0.5, 0.6) is 11.5 Å². The smallest absolute Gasteiger partial charge is 0.276 e. The lowest BCUT2D eigenvalue weighted by Crippen LogP contribution is -2.18. The molecule has 0 saturated heterocycles. The maximum Gasteiger partial charge on any atom is 0.276 e. The van der Waals surface area contributed by atoms with E-state index in [1.807, 2.05) is 30.3 Å². The van der Waals surface area contributed by atoms with Gasteiger partial charge in [0.15, 0.2) is 0 Å². The normalized spacial score (nSPS) is 11.6. The summed E-state index contributed by atoms with van der Waals surface area (Å²) in [6.45, 7) is 0.210. The van der Waals surface area contributed by atoms with Crippen molar-refractivity contribution in [3.63, 3.8) is 0 Å². The molecule has 0 aliphatic carbocycles. The zero-order valence-corrected chi connectivity index (χ0v) is 18.4. The quantitative estimate of drug-likeness (QED) is 0.310. The van der Waals surface area contributed by atoms with Gasteiger partial charge < -0.3 is 9.47 Å². The minimum atomic E-state index is -3.91. The lowest BCUT2D eigenvalue weighted by atomic mass is 10.1. The number of nitrogens with one attached hydrogen (secondary N) is 1. The molecule has 7 nitrogen and oxygen atoms in total. The first-order chi connectivity index (χ1) is 16.0. The molecule has 1 heterocycles. The second-order valence-electron chi connectivity index (χ2n) is 7.00. The van der Waals surface area contributed by atoms with Gasteiger partial charge in [0.25, 0.3) is 10.0 Å². The molecule has 0 aliphatic rings. The fraction of sp³-hybridized carbons (Fsp3) is 0.0833. The first-order valence-electron chi connectivity index (χ1n) is 9.90. The predicted molar refractivity (Wildman–Crippen MR) is 123 cm³/mol. The summed E-state index contributed by atoms with van der Waals surface area (Å²) in [6.07, 6.45) is 3.07. The number of methoxy groups -OCH3 is 1. The van der Waals surface area contributed by atoms with Crippen LogP contribution in [0.25, 0.3) is 10.9 Å². The van der Waals surface area contributed by atoms with E-state index in [4.69, 9.17) is 9.47 Å². The summed E-state index contributed by atoms with van der Waals surface area (Å²) >= 11 is 0. The topological polar surface area (TPSA) is 89.9 Å². The standard InChI is InChI=1S/C24H20FN3O4S/c1-31-22-12-7-17(15-27-28-33(29,30)21-10-8-20(25)9-11-21)14-19(22)16-32-23-6-2-4-18-5-3-13-26-24(18)23/h2-15,28H,16H2,1H3/b27-15+. The number of hydrazone groups is 1. The lowest BCUT2D eigenvalue weighted by molar-refractivity contribution is 0.299. The van der Waals surface area contributed by atoms with E-state index in [0.29, 0.717) is 17.1 Å². The van der Waals surface area contributed by atoms with Crippen LogP contribution in [0, 0.1) is 5.82 Å². The van der Waals surface area contributed by atoms with E-state index in [9.17, 15) is 12.8 Å². The van der Waals surface area contributed by atoms with Crippen LogP contribution in [0.4, 0.5) is 4.39 Å². The number of para-hydroxylation sites is 1. The monoisotopic (exact) mass is 465 g/mol. The lowest BCUT2D eigenvalue weighted by Gasteiger charge is -2.12. The molecule has 0 atom stereocenters. The highest BCUT2D eigenvalue weighted by Crippen LogP contribution is 2.26. The second kappa shape index (κ2) is 9.66. The molecule has 1 aromatic heterocycles. The zero-order chi connectivity index (χ0) is 23.3. The summed E-state index contributed by atoms with van der Waals surface area (Å²) in [7, 11) is -2.35. The molecule has 0 radical (unpaired) electrons. The number of nitrogens with zero attached hydrogens (tertiary/aromatic N) is 2. The number of hydrogen-bond acceptors (Lipinski definition) is 6. The van der Waals surface area contributed by atoms with Gasteiger partial charge in [0.1, 0.15) is 29.4 Å². The second-order valence-corrected chi connectivity index (χ2v) is 8.66. The van der Waals surface area contributed by atoms with E-state index < -0.39 is 15.8 Å². The third kappa shape index (κ3) is 5.27.